The van der Waals surface area contributed by atoms with Crippen molar-refractivity contribution in [3.63, 3.8) is 0 Å². The molecule has 0 aliphatic heterocycles. The number of imidazole rings is 1. The number of rotatable bonds is 5. The summed E-state index contributed by atoms with van der Waals surface area (Å²) < 4.78 is 1.97. The Hall–Kier alpha value is -1.91. The molecule has 0 spiro atoms. The van der Waals surface area contributed by atoms with E-state index in [1.165, 1.54) is 0 Å². The van der Waals surface area contributed by atoms with Gasteiger partial charge in [0.25, 0.3) is 0 Å². The second kappa shape index (κ2) is 5.62. The minimum absolute atomic E-state index is 0.850. The van der Waals surface area contributed by atoms with Crippen molar-refractivity contribution in [3.8, 4) is 11.5 Å². The van der Waals surface area contributed by atoms with Gasteiger partial charge >= 0.3 is 0 Å². The summed E-state index contributed by atoms with van der Waals surface area (Å²) >= 11 is 0. The minimum atomic E-state index is 0.850. The number of anilines is 1. The Morgan fingerprint density at radius 1 is 1.28 bits per heavy atom. The Labute approximate surface area is 107 Å². The highest BCUT2D eigenvalue weighted by molar-refractivity contribution is 5.55. The van der Waals surface area contributed by atoms with Gasteiger partial charge < -0.3 is 9.88 Å². The van der Waals surface area contributed by atoms with Crippen LogP contribution in [0.15, 0.2) is 18.5 Å². The average molecular weight is 245 g/mol. The molecule has 0 saturated heterocycles. The summed E-state index contributed by atoms with van der Waals surface area (Å²) in [5.41, 5.74) is 0.872. The molecule has 0 aromatic carbocycles. The Morgan fingerprint density at radius 3 is 2.72 bits per heavy atom. The molecule has 0 saturated carbocycles. The van der Waals surface area contributed by atoms with Crippen molar-refractivity contribution < 1.29 is 0 Å². The van der Waals surface area contributed by atoms with E-state index in [-0.39, 0.29) is 0 Å². The zero-order valence-corrected chi connectivity index (χ0v) is 11.1. The standard InChI is InChI=1S/C13H19N5/c1-4-6-11-16-10(9-12(17-11)14-5-2)13-15-7-8-18(13)3/h7-9H,4-6H2,1-3H3,(H,14,16,17). The fourth-order valence-electron chi connectivity index (χ4n) is 1.83. The first-order valence-electron chi connectivity index (χ1n) is 6.34. The van der Waals surface area contributed by atoms with Crippen molar-refractivity contribution in [1.29, 1.82) is 0 Å². The van der Waals surface area contributed by atoms with Crippen LogP contribution >= 0.6 is 0 Å². The quantitative estimate of drug-likeness (QED) is 0.878. The summed E-state index contributed by atoms with van der Waals surface area (Å²) in [5.74, 6) is 2.61. The first-order valence-corrected chi connectivity index (χ1v) is 6.34. The number of nitrogens with zero attached hydrogens (tertiary/aromatic N) is 4. The van der Waals surface area contributed by atoms with Crippen LogP contribution in [0.1, 0.15) is 26.1 Å². The molecule has 2 aromatic heterocycles. The van der Waals surface area contributed by atoms with Gasteiger partial charge in [0, 0.05) is 38.5 Å². The van der Waals surface area contributed by atoms with Gasteiger partial charge in [-0.05, 0) is 13.3 Å². The van der Waals surface area contributed by atoms with E-state index in [2.05, 4.69) is 34.1 Å². The highest BCUT2D eigenvalue weighted by Gasteiger charge is 2.09. The molecule has 0 atom stereocenters. The van der Waals surface area contributed by atoms with Crippen LogP contribution in [0.25, 0.3) is 11.5 Å². The number of nitrogens with one attached hydrogen (secondary N) is 1. The average Bonchev–Trinajstić information content (AvgIpc) is 2.76. The first-order chi connectivity index (χ1) is 8.74. The molecule has 2 aromatic rings. The maximum Gasteiger partial charge on any atom is 0.158 e. The van der Waals surface area contributed by atoms with Gasteiger partial charge in [-0.2, -0.15) is 0 Å². The van der Waals surface area contributed by atoms with Crippen LogP contribution in [-0.2, 0) is 13.5 Å². The van der Waals surface area contributed by atoms with E-state index in [1.54, 1.807) is 6.20 Å². The highest BCUT2D eigenvalue weighted by Crippen LogP contribution is 2.18. The van der Waals surface area contributed by atoms with Crippen LogP contribution in [-0.4, -0.2) is 26.1 Å². The first kappa shape index (κ1) is 12.5. The molecule has 0 aliphatic rings. The molecule has 96 valence electrons. The maximum absolute atomic E-state index is 4.57. The lowest BCUT2D eigenvalue weighted by Gasteiger charge is -2.08. The summed E-state index contributed by atoms with van der Waals surface area (Å²) in [6.07, 6.45) is 5.62. The third-order valence-corrected chi connectivity index (χ3v) is 2.65. The van der Waals surface area contributed by atoms with Gasteiger partial charge in [0.05, 0.1) is 0 Å². The molecular formula is C13H19N5. The predicted octanol–water partition coefficient (Wildman–Crippen LogP) is 2.26. The molecule has 0 fully saturated rings. The molecule has 0 amide bonds. The van der Waals surface area contributed by atoms with E-state index in [0.717, 1.165) is 42.5 Å². The molecule has 2 rings (SSSR count). The lowest BCUT2D eigenvalue weighted by atomic mass is 10.3. The molecule has 1 N–H and O–H groups in total. The van der Waals surface area contributed by atoms with Gasteiger partial charge in [-0.15, -0.1) is 0 Å². The number of hydrogen-bond acceptors (Lipinski definition) is 4. The molecule has 18 heavy (non-hydrogen) atoms. The van der Waals surface area contributed by atoms with E-state index in [9.17, 15) is 0 Å². The fraction of sp³-hybridized carbons (Fsp3) is 0.462. The van der Waals surface area contributed by atoms with Crippen LogP contribution < -0.4 is 5.32 Å². The van der Waals surface area contributed by atoms with E-state index in [1.807, 2.05) is 23.9 Å². The van der Waals surface area contributed by atoms with Crippen LogP contribution in [0, 0.1) is 0 Å². The zero-order chi connectivity index (χ0) is 13.0. The molecule has 0 unspecified atom stereocenters. The SMILES string of the molecule is CCCc1nc(NCC)cc(-c2nccn2C)n1. The van der Waals surface area contributed by atoms with Crippen molar-refractivity contribution in [2.75, 3.05) is 11.9 Å². The molecule has 0 radical (unpaired) electrons. The summed E-state index contributed by atoms with van der Waals surface area (Å²) in [7, 11) is 1.97. The Balaban J connectivity index is 2.42. The predicted molar refractivity (Wildman–Crippen MR) is 72.4 cm³/mol. The Kier molecular flexibility index (Phi) is 3.92. The van der Waals surface area contributed by atoms with Crippen LogP contribution in [0.4, 0.5) is 5.82 Å². The normalized spacial score (nSPS) is 10.6. The third-order valence-electron chi connectivity index (χ3n) is 2.65. The number of aromatic nitrogens is 4. The molecule has 5 heteroatoms. The van der Waals surface area contributed by atoms with Gasteiger partial charge in [0.15, 0.2) is 5.82 Å². The van der Waals surface area contributed by atoms with Crippen molar-refractivity contribution in [2.24, 2.45) is 7.05 Å². The van der Waals surface area contributed by atoms with Gasteiger partial charge in [-0.25, -0.2) is 15.0 Å². The maximum atomic E-state index is 4.57. The fourth-order valence-corrected chi connectivity index (χ4v) is 1.83. The lowest BCUT2D eigenvalue weighted by Crippen LogP contribution is -2.06. The van der Waals surface area contributed by atoms with Crippen molar-refractivity contribution >= 4 is 5.82 Å². The smallest absolute Gasteiger partial charge is 0.158 e. The summed E-state index contributed by atoms with van der Waals surface area (Å²) in [4.78, 5) is 13.4. The summed E-state index contributed by atoms with van der Waals surface area (Å²) in [6.45, 7) is 5.04. The second-order valence-electron chi connectivity index (χ2n) is 4.20. The van der Waals surface area contributed by atoms with Crippen molar-refractivity contribution in [3.05, 3.63) is 24.3 Å². The summed E-state index contributed by atoms with van der Waals surface area (Å²) in [5, 5.41) is 3.24. The molecule has 0 aliphatic carbocycles. The molecular weight excluding hydrogens is 226 g/mol. The lowest BCUT2D eigenvalue weighted by molar-refractivity contribution is 0.829. The Bertz CT molecular complexity index is 494. The molecule has 5 nitrogen and oxygen atoms in total. The van der Waals surface area contributed by atoms with Crippen molar-refractivity contribution in [1.82, 2.24) is 19.5 Å². The summed E-state index contributed by atoms with van der Waals surface area (Å²) in [6, 6.07) is 1.95. The van der Waals surface area contributed by atoms with Gasteiger partial charge in [0.1, 0.15) is 17.3 Å². The topological polar surface area (TPSA) is 55.6 Å². The largest absolute Gasteiger partial charge is 0.370 e. The van der Waals surface area contributed by atoms with E-state index in [4.69, 9.17) is 0 Å². The Morgan fingerprint density at radius 2 is 2.11 bits per heavy atom. The van der Waals surface area contributed by atoms with Crippen molar-refractivity contribution in [2.45, 2.75) is 26.7 Å². The van der Waals surface area contributed by atoms with Crippen LogP contribution in [0.5, 0.6) is 0 Å². The van der Waals surface area contributed by atoms with E-state index >= 15 is 0 Å². The minimum Gasteiger partial charge on any atom is -0.370 e. The van der Waals surface area contributed by atoms with Gasteiger partial charge in [-0.1, -0.05) is 6.92 Å². The second-order valence-corrected chi connectivity index (χ2v) is 4.20. The van der Waals surface area contributed by atoms with Gasteiger partial charge in [-0.3, -0.25) is 0 Å². The molecule has 2 heterocycles. The highest BCUT2D eigenvalue weighted by atomic mass is 15.1. The number of hydrogen-bond donors (Lipinski definition) is 1. The zero-order valence-electron chi connectivity index (χ0n) is 11.1. The molecule has 0 bridgehead atoms. The monoisotopic (exact) mass is 245 g/mol. The van der Waals surface area contributed by atoms with Gasteiger partial charge in [0.2, 0.25) is 0 Å². The van der Waals surface area contributed by atoms with Crippen LogP contribution in [0.2, 0.25) is 0 Å². The van der Waals surface area contributed by atoms with E-state index in [0.29, 0.717) is 0 Å². The third kappa shape index (κ3) is 2.67. The number of aryl methyl sites for hydroxylation is 2. The van der Waals surface area contributed by atoms with Crippen LogP contribution in [0.3, 0.4) is 0 Å². The van der Waals surface area contributed by atoms with E-state index < -0.39 is 0 Å².